The monoisotopic (exact) mass is 391 g/mol. The number of amides is 1. The summed E-state index contributed by atoms with van der Waals surface area (Å²) in [7, 11) is 3.25. The Morgan fingerprint density at radius 2 is 1.79 bits per heavy atom. The van der Waals surface area contributed by atoms with Crippen LogP contribution in [0.1, 0.15) is 40.5 Å². The molecule has 3 aromatic rings. The highest BCUT2D eigenvalue weighted by Crippen LogP contribution is 2.37. The van der Waals surface area contributed by atoms with Crippen LogP contribution in [-0.4, -0.2) is 41.4 Å². The smallest absolute Gasteiger partial charge is 0.254 e. The molecule has 1 unspecified atom stereocenters. The van der Waals surface area contributed by atoms with Crippen molar-refractivity contribution in [3.05, 3.63) is 71.5 Å². The van der Waals surface area contributed by atoms with Gasteiger partial charge in [-0.15, -0.1) is 0 Å². The third-order valence-electron chi connectivity index (χ3n) is 5.50. The summed E-state index contributed by atoms with van der Waals surface area (Å²) in [5, 5.41) is 4.32. The van der Waals surface area contributed by atoms with E-state index in [0.29, 0.717) is 17.1 Å². The van der Waals surface area contributed by atoms with Crippen molar-refractivity contribution < 1.29 is 14.3 Å². The zero-order chi connectivity index (χ0) is 20.4. The van der Waals surface area contributed by atoms with E-state index >= 15 is 0 Å². The molecule has 1 fully saturated rings. The number of hydrogen-bond donors (Lipinski definition) is 0. The first-order valence-corrected chi connectivity index (χ1v) is 9.76. The number of likely N-dealkylation sites (tertiary alicyclic amines) is 1. The van der Waals surface area contributed by atoms with Crippen LogP contribution in [-0.2, 0) is 0 Å². The van der Waals surface area contributed by atoms with Crippen LogP contribution >= 0.6 is 0 Å². The lowest BCUT2D eigenvalue weighted by molar-refractivity contribution is 0.0735. The van der Waals surface area contributed by atoms with Crippen molar-refractivity contribution >= 4 is 5.91 Å². The topological polar surface area (TPSA) is 56.6 Å². The Morgan fingerprint density at radius 3 is 2.45 bits per heavy atom. The maximum absolute atomic E-state index is 13.2. The molecule has 0 radical (unpaired) electrons. The Bertz CT molecular complexity index is 1010. The van der Waals surface area contributed by atoms with Crippen molar-refractivity contribution in [1.82, 2.24) is 14.7 Å². The van der Waals surface area contributed by atoms with Gasteiger partial charge in [0.1, 0.15) is 0 Å². The van der Waals surface area contributed by atoms with Crippen molar-refractivity contribution in [3.63, 3.8) is 0 Å². The Morgan fingerprint density at radius 1 is 1.03 bits per heavy atom. The van der Waals surface area contributed by atoms with Crippen LogP contribution < -0.4 is 9.47 Å². The summed E-state index contributed by atoms with van der Waals surface area (Å²) in [5.74, 6) is 1.42. The van der Waals surface area contributed by atoms with Gasteiger partial charge in [-0.1, -0.05) is 6.07 Å². The predicted molar refractivity (Wildman–Crippen MR) is 111 cm³/mol. The molecule has 6 heteroatoms. The van der Waals surface area contributed by atoms with Crippen LogP contribution in [0.15, 0.2) is 54.7 Å². The maximum atomic E-state index is 13.2. The van der Waals surface area contributed by atoms with Gasteiger partial charge in [0.05, 0.1) is 25.9 Å². The van der Waals surface area contributed by atoms with Gasteiger partial charge in [0, 0.05) is 24.0 Å². The van der Waals surface area contributed by atoms with Crippen molar-refractivity contribution in [1.29, 1.82) is 0 Å². The average Bonchev–Trinajstić information content (AvgIpc) is 3.42. The zero-order valence-corrected chi connectivity index (χ0v) is 17.0. The first-order valence-electron chi connectivity index (χ1n) is 9.76. The fourth-order valence-corrected chi connectivity index (χ4v) is 3.97. The predicted octanol–water partition coefficient (Wildman–Crippen LogP) is 4.18. The molecule has 1 aromatic heterocycles. The Hall–Kier alpha value is -3.28. The van der Waals surface area contributed by atoms with Crippen molar-refractivity contribution in [2.24, 2.45) is 0 Å². The van der Waals surface area contributed by atoms with Gasteiger partial charge < -0.3 is 14.4 Å². The van der Waals surface area contributed by atoms with Gasteiger partial charge in [0.2, 0.25) is 0 Å². The molecule has 1 aliphatic heterocycles. The third-order valence-corrected chi connectivity index (χ3v) is 5.50. The standard InChI is InChI=1S/C23H25N3O3/c1-16-12-13-24-26(16)19-9-6-17(7-10-19)23(27)25-14-4-5-20(25)18-8-11-21(28-2)22(15-18)29-3/h6-13,15,20H,4-5,14H2,1-3H3. The quantitative estimate of drug-likeness (QED) is 0.655. The lowest BCUT2D eigenvalue weighted by Crippen LogP contribution is -2.30. The van der Waals surface area contributed by atoms with Gasteiger partial charge in [-0.2, -0.15) is 5.10 Å². The van der Waals surface area contributed by atoms with Gasteiger partial charge >= 0.3 is 0 Å². The minimum atomic E-state index is 0.0374. The molecular weight excluding hydrogens is 366 g/mol. The summed E-state index contributed by atoms with van der Waals surface area (Å²) in [6.45, 7) is 2.75. The SMILES string of the molecule is COc1ccc(C2CCCN2C(=O)c2ccc(-n3nccc3C)cc2)cc1OC. The number of carbonyl (C=O) groups is 1. The fourth-order valence-electron chi connectivity index (χ4n) is 3.97. The molecule has 1 saturated heterocycles. The van der Waals surface area contributed by atoms with E-state index in [1.165, 1.54) is 0 Å². The minimum absolute atomic E-state index is 0.0374. The molecular formula is C23H25N3O3. The number of methoxy groups -OCH3 is 2. The highest BCUT2D eigenvalue weighted by atomic mass is 16.5. The number of rotatable bonds is 5. The number of benzene rings is 2. The largest absolute Gasteiger partial charge is 0.493 e. The lowest BCUT2D eigenvalue weighted by atomic mass is 10.0. The van der Waals surface area contributed by atoms with E-state index in [-0.39, 0.29) is 11.9 Å². The van der Waals surface area contributed by atoms with Crippen LogP contribution in [0, 0.1) is 6.92 Å². The van der Waals surface area contributed by atoms with Crippen LogP contribution in [0.25, 0.3) is 5.69 Å². The van der Waals surface area contributed by atoms with E-state index in [4.69, 9.17) is 9.47 Å². The Kier molecular flexibility index (Phi) is 5.25. The molecule has 0 N–H and O–H groups in total. The number of aromatic nitrogens is 2. The Labute approximate surface area is 170 Å². The molecule has 4 rings (SSSR count). The maximum Gasteiger partial charge on any atom is 0.254 e. The molecule has 1 amide bonds. The van der Waals surface area contributed by atoms with Crippen LogP contribution in [0.4, 0.5) is 0 Å². The molecule has 150 valence electrons. The van der Waals surface area contributed by atoms with E-state index in [0.717, 1.165) is 36.3 Å². The van der Waals surface area contributed by atoms with Crippen molar-refractivity contribution in [2.45, 2.75) is 25.8 Å². The van der Waals surface area contributed by atoms with Gasteiger partial charge in [-0.05, 0) is 67.8 Å². The van der Waals surface area contributed by atoms with E-state index in [2.05, 4.69) is 5.10 Å². The molecule has 2 heterocycles. The zero-order valence-electron chi connectivity index (χ0n) is 17.0. The molecule has 6 nitrogen and oxygen atoms in total. The molecule has 1 aliphatic rings. The summed E-state index contributed by atoms with van der Waals surface area (Å²) >= 11 is 0. The van der Waals surface area contributed by atoms with Crippen LogP contribution in [0.5, 0.6) is 11.5 Å². The first kappa shape index (κ1) is 19.1. The molecule has 0 saturated carbocycles. The second kappa shape index (κ2) is 7.99. The highest BCUT2D eigenvalue weighted by Gasteiger charge is 2.31. The molecule has 0 bridgehead atoms. The van der Waals surface area contributed by atoms with Gasteiger partial charge in [0.25, 0.3) is 5.91 Å². The van der Waals surface area contributed by atoms with Gasteiger partial charge in [0.15, 0.2) is 11.5 Å². The molecule has 0 aliphatic carbocycles. The minimum Gasteiger partial charge on any atom is -0.493 e. The van der Waals surface area contributed by atoms with Crippen molar-refractivity contribution in [3.8, 4) is 17.2 Å². The summed E-state index contributed by atoms with van der Waals surface area (Å²) in [4.78, 5) is 15.2. The molecule has 1 atom stereocenters. The second-order valence-corrected chi connectivity index (χ2v) is 7.20. The van der Waals surface area contributed by atoms with Gasteiger partial charge in [-0.25, -0.2) is 4.68 Å². The molecule has 0 spiro atoms. The number of ether oxygens (including phenoxy) is 2. The number of aryl methyl sites for hydroxylation is 1. The van der Waals surface area contributed by atoms with E-state index < -0.39 is 0 Å². The van der Waals surface area contributed by atoms with E-state index in [1.807, 2.05) is 65.0 Å². The van der Waals surface area contributed by atoms with Crippen LogP contribution in [0.3, 0.4) is 0 Å². The van der Waals surface area contributed by atoms with E-state index in [1.54, 1.807) is 20.4 Å². The summed E-state index contributed by atoms with van der Waals surface area (Å²) in [6.07, 6.45) is 3.69. The number of carbonyl (C=O) groups excluding carboxylic acids is 1. The lowest BCUT2D eigenvalue weighted by Gasteiger charge is -2.26. The first-order chi connectivity index (χ1) is 14.1. The third kappa shape index (κ3) is 3.58. The average molecular weight is 391 g/mol. The van der Waals surface area contributed by atoms with Gasteiger partial charge in [-0.3, -0.25) is 4.79 Å². The Balaban J connectivity index is 1.57. The second-order valence-electron chi connectivity index (χ2n) is 7.20. The van der Waals surface area contributed by atoms with Crippen LogP contribution in [0.2, 0.25) is 0 Å². The summed E-state index contributed by atoms with van der Waals surface area (Å²) < 4.78 is 12.6. The fraction of sp³-hybridized carbons (Fsp3) is 0.304. The molecule has 2 aromatic carbocycles. The normalized spacial score (nSPS) is 16.1. The van der Waals surface area contributed by atoms with E-state index in [9.17, 15) is 4.79 Å². The highest BCUT2D eigenvalue weighted by molar-refractivity contribution is 5.94. The number of nitrogens with zero attached hydrogens (tertiary/aromatic N) is 3. The molecule has 29 heavy (non-hydrogen) atoms. The summed E-state index contributed by atoms with van der Waals surface area (Å²) in [6, 6.07) is 15.5. The summed E-state index contributed by atoms with van der Waals surface area (Å²) in [5.41, 5.74) is 3.75. The van der Waals surface area contributed by atoms with Crippen molar-refractivity contribution in [2.75, 3.05) is 20.8 Å². The number of hydrogen-bond acceptors (Lipinski definition) is 4.